The molecule has 0 aromatic carbocycles. The van der Waals surface area contributed by atoms with Gasteiger partial charge >= 0.3 is 0 Å². The first kappa shape index (κ1) is 13.1. The van der Waals surface area contributed by atoms with Gasteiger partial charge in [0, 0.05) is 30.6 Å². The standard InChI is InChI=1S/C14H24N2S/c1-12(14-7-4-10-17-14)15-8-9-16(2)11-13-5-3-6-13/h4,7,10,12-13,15H,3,5-6,8-9,11H2,1-2H3. The number of nitrogens with zero attached hydrogens (tertiary/aromatic N) is 1. The summed E-state index contributed by atoms with van der Waals surface area (Å²) in [6.45, 7) is 5.78. The summed E-state index contributed by atoms with van der Waals surface area (Å²) < 4.78 is 0. The molecular formula is C14H24N2S. The molecule has 0 radical (unpaired) electrons. The van der Waals surface area contributed by atoms with Gasteiger partial charge in [-0.25, -0.2) is 0 Å². The predicted octanol–water partition coefficient (Wildman–Crippen LogP) is 3.13. The Labute approximate surface area is 109 Å². The molecule has 2 nitrogen and oxygen atoms in total. The van der Waals surface area contributed by atoms with Crippen LogP contribution < -0.4 is 5.32 Å². The van der Waals surface area contributed by atoms with Gasteiger partial charge in [0.2, 0.25) is 0 Å². The zero-order chi connectivity index (χ0) is 12.1. The smallest absolute Gasteiger partial charge is 0.0386 e. The first-order chi connectivity index (χ1) is 8.25. The van der Waals surface area contributed by atoms with Gasteiger partial charge in [-0.1, -0.05) is 12.5 Å². The molecule has 0 spiro atoms. The molecule has 1 N–H and O–H groups in total. The van der Waals surface area contributed by atoms with Gasteiger partial charge in [-0.3, -0.25) is 0 Å². The summed E-state index contributed by atoms with van der Waals surface area (Å²) in [5.74, 6) is 0.981. The van der Waals surface area contributed by atoms with Crippen LogP contribution in [0.2, 0.25) is 0 Å². The number of rotatable bonds is 7. The van der Waals surface area contributed by atoms with E-state index in [1.165, 1.54) is 30.7 Å². The van der Waals surface area contributed by atoms with Gasteiger partial charge in [0.25, 0.3) is 0 Å². The Hall–Kier alpha value is -0.380. The number of likely N-dealkylation sites (N-methyl/N-ethyl adjacent to an activating group) is 1. The Morgan fingerprint density at radius 3 is 2.94 bits per heavy atom. The van der Waals surface area contributed by atoms with Crippen LogP contribution in [0.25, 0.3) is 0 Å². The van der Waals surface area contributed by atoms with Crippen LogP contribution >= 0.6 is 11.3 Å². The monoisotopic (exact) mass is 252 g/mol. The van der Waals surface area contributed by atoms with E-state index in [-0.39, 0.29) is 0 Å². The van der Waals surface area contributed by atoms with Crippen LogP contribution in [0.4, 0.5) is 0 Å². The highest BCUT2D eigenvalue weighted by atomic mass is 32.1. The molecule has 1 saturated carbocycles. The van der Waals surface area contributed by atoms with E-state index >= 15 is 0 Å². The van der Waals surface area contributed by atoms with E-state index in [1.807, 2.05) is 11.3 Å². The maximum atomic E-state index is 3.59. The number of nitrogens with one attached hydrogen (secondary N) is 1. The molecule has 1 aliphatic rings. The molecule has 1 aromatic rings. The van der Waals surface area contributed by atoms with Gasteiger partial charge in [-0.05, 0) is 44.2 Å². The van der Waals surface area contributed by atoms with Crippen molar-refractivity contribution >= 4 is 11.3 Å². The highest BCUT2D eigenvalue weighted by molar-refractivity contribution is 7.10. The summed E-state index contributed by atoms with van der Waals surface area (Å²) in [4.78, 5) is 3.91. The molecule has 17 heavy (non-hydrogen) atoms. The Balaban J connectivity index is 1.58. The third kappa shape index (κ3) is 4.09. The second kappa shape index (κ2) is 6.53. The van der Waals surface area contributed by atoms with Crippen LogP contribution in [0.5, 0.6) is 0 Å². The largest absolute Gasteiger partial charge is 0.308 e. The van der Waals surface area contributed by atoms with Gasteiger partial charge in [0.1, 0.15) is 0 Å². The lowest BCUT2D eigenvalue weighted by molar-refractivity contribution is 0.204. The summed E-state index contributed by atoms with van der Waals surface area (Å²) in [5.41, 5.74) is 0. The minimum Gasteiger partial charge on any atom is -0.308 e. The van der Waals surface area contributed by atoms with Crippen molar-refractivity contribution in [3.05, 3.63) is 22.4 Å². The summed E-state index contributed by atoms with van der Waals surface area (Å²) in [6.07, 6.45) is 4.35. The molecule has 3 heteroatoms. The van der Waals surface area contributed by atoms with Crippen molar-refractivity contribution in [2.45, 2.75) is 32.2 Å². The van der Waals surface area contributed by atoms with E-state index < -0.39 is 0 Å². The summed E-state index contributed by atoms with van der Waals surface area (Å²) in [5, 5.41) is 5.74. The van der Waals surface area contributed by atoms with E-state index in [0.717, 1.165) is 19.0 Å². The Kier molecular flexibility index (Phi) is 5.01. The highest BCUT2D eigenvalue weighted by Crippen LogP contribution is 2.26. The van der Waals surface area contributed by atoms with Crippen LogP contribution in [0, 0.1) is 5.92 Å². The number of hydrogen-bond donors (Lipinski definition) is 1. The second-order valence-electron chi connectivity index (χ2n) is 5.25. The Morgan fingerprint density at radius 1 is 1.53 bits per heavy atom. The predicted molar refractivity (Wildman–Crippen MR) is 75.6 cm³/mol. The summed E-state index contributed by atoms with van der Waals surface area (Å²) >= 11 is 1.84. The van der Waals surface area contributed by atoms with Crippen LogP contribution in [-0.2, 0) is 0 Å². The summed E-state index contributed by atoms with van der Waals surface area (Å²) in [6, 6.07) is 4.83. The van der Waals surface area contributed by atoms with Crippen LogP contribution in [-0.4, -0.2) is 31.6 Å². The van der Waals surface area contributed by atoms with E-state index in [4.69, 9.17) is 0 Å². The molecule has 0 saturated heterocycles. The van der Waals surface area contributed by atoms with Crippen molar-refractivity contribution in [3.8, 4) is 0 Å². The Bertz CT molecular complexity index is 306. The minimum atomic E-state index is 0.493. The molecule has 1 aliphatic carbocycles. The quantitative estimate of drug-likeness (QED) is 0.802. The zero-order valence-corrected chi connectivity index (χ0v) is 11.8. The van der Waals surface area contributed by atoms with E-state index in [0.29, 0.717) is 6.04 Å². The minimum absolute atomic E-state index is 0.493. The van der Waals surface area contributed by atoms with Crippen LogP contribution in [0.15, 0.2) is 17.5 Å². The van der Waals surface area contributed by atoms with Crippen molar-refractivity contribution in [1.29, 1.82) is 0 Å². The number of hydrogen-bond acceptors (Lipinski definition) is 3. The van der Waals surface area contributed by atoms with Crippen LogP contribution in [0.3, 0.4) is 0 Å². The first-order valence-corrected chi connectivity index (χ1v) is 7.59. The fourth-order valence-corrected chi connectivity index (χ4v) is 3.08. The van der Waals surface area contributed by atoms with Gasteiger partial charge < -0.3 is 10.2 Å². The highest BCUT2D eigenvalue weighted by Gasteiger charge is 2.18. The molecular weight excluding hydrogens is 228 g/mol. The topological polar surface area (TPSA) is 15.3 Å². The lowest BCUT2D eigenvalue weighted by atomic mass is 9.85. The van der Waals surface area contributed by atoms with Gasteiger partial charge in [0.05, 0.1) is 0 Å². The van der Waals surface area contributed by atoms with E-state index in [1.54, 1.807) is 0 Å². The third-order valence-electron chi connectivity index (χ3n) is 3.71. The maximum absolute atomic E-state index is 3.59. The lowest BCUT2D eigenvalue weighted by Gasteiger charge is -2.30. The van der Waals surface area contributed by atoms with Gasteiger partial charge in [0.15, 0.2) is 0 Å². The normalized spacial score (nSPS) is 18.3. The lowest BCUT2D eigenvalue weighted by Crippen LogP contribution is -2.35. The summed E-state index contributed by atoms with van der Waals surface area (Å²) in [7, 11) is 2.25. The molecule has 0 aliphatic heterocycles. The van der Waals surface area contributed by atoms with Crippen molar-refractivity contribution in [3.63, 3.8) is 0 Å². The fraction of sp³-hybridized carbons (Fsp3) is 0.714. The molecule has 96 valence electrons. The first-order valence-electron chi connectivity index (χ1n) is 6.71. The second-order valence-corrected chi connectivity index (χ2v) is 6.23. The molecule has 1 aromatic heterocycles. The van der Waals surface area contributed by atoms with E-state index in [2.05, 4.69) is 41.7 Å². The number of thiophene rings is 1. The molecule has 1 fully saturated rings. The molecule has 0 amide bonds. The van der Waals surface area contributed by atoms with Crippen molar-refractivity contribution < 1.29 is 0 Å². The van der Waals surface area contributed by atoms with Crippen molar-refractivity contribution in [2.75, 3.05) is 26.7 Å². The van der Waals surface area contributed by atoms with Crippen molar-refractivity contribution in [2.24, 2.45) is 5.92 Å². The molecule has 1 unspecified atom stereocenters. The van der Waals surface area contributed by atoms with Crippen LogP contribution in [0.1, 0.15) is 37.1 Å². The average Bonchev–Trinajstić information content (AvgIpc) is 2.76. The van der Waals surface area contributed by atoms with E-state index in [9.17, 15) is 0 Å². The molecule has 2 rings (SSSR count). The molecule has 1 atom stereocenters. The third-order valence-corrected chi connectivity index (χ3v) is 4.76. The SMILES string of the molecule is CC(NCCN(C)CC1CCC1)c1cccs1. The Morgan fingerprint density at radius 2 is 2.35 bits per heavy atom. The fourth-order valence-electron chi connectivity index (χ4n) is 2.32. The van der Waals surface area contributed by atoms with Gasteiger partial charge in [-0.15, -0.1) is 11.3 Å². The van der Waals surface area contributed by atoms with Gasteiger partial charge in [-0.2, -0.15) is 0 Å². The molecule has 1 heterocycles. The molecule has 0 bridgehead atoms. The maximum Gasteiger partial charge on any atom is 0.0386 e. The van der Waals surface area contributed by atoms with Crippen molar-refractivity contribution in [1.82, 2.24) is 10.2 Å². The zero-order valence-electron chi connectivity index (χ0n) is 11.0. The average molecular weight is 252 g/mol.